The average molecular weight is 500 g/mol. The minimum atomic E-state index is -2.64. The highest BCUT2D eigenvalue weighted by atomic mass is 16.5. The van der Waals surface area contributed by atoms with Crippen molar-refractivity contribution >= 4 is 17.7 Å². The fraction of sp³-hybridized carbons (Fsp3) is 0.179. The molecule has 3 aromatic rings. The number of aliphatic hydroxyl groups is 2. The lowest BCUT2D eigenvalue weighted by Crippen LogP contribution is -2.62. The Kier molecular flexibility index (Phi) is 7.66. The first kappa shape index (κ1) is 25.6. The third-order valence-corrected chi connectivity index (χ3v) is 5.95. The van der Waals surface area contributed by atoms with Gasteiger partial charge in [-0.1, -0.05) is 36.4 Å². The molecule has 9 nitrogen and oxygen atoms in total. The van der Waals surface area contributed by atoms with Crippen LogP contribution in [0.1, 0.15) is 32.7 Å². The highest BCUT2D eigenvalue weighted by Crippen LogP contribution is 2.37. The molecule has 0 saturated carbocycles. The summed E-state index contributed by atoms with van der Waals surface area (Å²) in [5, 5.41) is 25.7. The van der Waals surface area contributed by atoms with Gasteiger partial charge in [-0.2, -0.15) is 0 Å². The maximum Gasteiger partial charge on any atom is 0.407 e. The normalized spacial score (nSPS) is 20.5. The number of Topliss-reactive ketones (excluding diaryl/α,β-unsaturated/α-hetero) is 2. The van der Waals surface area contributed by atoms with Crippen LogP contribution in [0.2, 0.25) is 0 Å². The Morgan fingerprint density at radius 3 is 2.05 bits per heavy atom. The van der Waals surface area contributed by atoms with E-state index in [1.54, 1.807) is 0 Å². The number of amides is 1. The van der Waals surface area contributed by atoms with Gasteiger partial charge in [-0.3, -0.25) is 19.6 Å². The molecule has 9 heteroatoms. The Morgan fingerprint density at radius 2 is 1.46 bits per heavy atom. The highest BCUT2D eigenvalue weighted by Gasteiger charge is 2.58. The van der Waals surface area contributed by atoms with Gasteiger partial charge >= 0.3 is 6.09 Å². The van der Waals surface area contributed by atoms with Gasteiger partial charge in [0.15, 0.2) is 11.2 Å². The van der Waals surface area contributed by atoms with E-state index in [0.29, 0.717) is 5.57 Å². The fourth-order valence-corrected chi connectivity index (χ4v) is 3.94. The predicted molar refractivity (Wildman–Crippen MR) is 134 cm³/mol. The molecule has 0 aliphatic heterocycles. The Labute approximate surface area is 213 Å². The lowest BCUT2D eigenvalue weighted by atomic mass is 9.70. The number of hydrogen-bond acceptors (Lipinski definition) is 8. The number of benzene rings is 1. The minimum Gasteiger partial charge on any atom is -0.445 e. The van der Waals surface area contributed by atoms with Crippen LogP contribution in [0.3, 0.4) is 0 Å². The van der Waals surface area contributed by atoms with Gasteiger partial charge in [-0.25, -0.2) is 4.79 Å². The van der Waals surface area contributed by atoms with Crippen molar-refractivity contribution in [1.29, 1.82) is 0 Å². The van der Waals surface area contributed by atoms with E-state index in [1.807, 2.05) is 30.3 Å². The van der Waals surface area contributed by atoms with E-state index in [1.165, 1.54) is 55.1 Å². The Hall–Kier alpha value is -4.47. The molecule has 3 N–H and O–H groups in total. The summed E-state index contributed by atoms with van der Waals surface area (Å²) < 4.78 is 5.18. The van der Waals surface area contributed by atoms with Gasteiger partial charge in [-0.05, 0) is 54.0 Å². The molecular weight excluding hydrogens is 474 g/mol. The number of nitrogens with zero attached hydrogens (tertiary/aromatic N) is 2. The zero-order chi connectivity index (χ0) is 26.3. The molecule has 0 fully saturated rings. The highest BCUT2D eigenvalue weighted by molar-refractivity contribution is 6.14. The smallest absolute Gasteiger partial charge is 0.407 e. The number of carbonyl (C=O) groups is 3. The third kappa shape index (κ3) is 5.53. The van der Waals surface area contributed by atoms with Crippen LogP contribution in [0.25, 0.3) is 0 Å². The van der Waals surface area contributed by atoms with E-state index in [2.05, 4.69) is 15.3 Å². The minimum absolute atomic E-state index is 0.0101. The maximum absolute atomic E-state index is 13.4. The Balaban J connectivity index is 1.52. The van der Waals surface area contributed by atoms with Gasteiger partial charge < -0.3 is 20.3 Å². The first-order valence-electron chi connectivity index (χ1n) is 11.5. The van der Waals surface area contributed by atoms with Crippen LogP contribution in [0.4, 0.5) is 4.79 Å². The molecule has 1 aliphatic rings. The van der Waals surface area contributed by atoms with Gasteiger partial charge in [0.2, 0.25) is 11.6 Å². The van der Waals surface area contributed by atoms with Crippen LogP contribution in [0.15, 0.2) is 103 Å². The van der Waals surface area contributed by atoms with E-state index >= 15 is 0 Å². The van der Waals surface area contributed by atoms with Crippen molar-refractivity contribution in [3.05, 3.63) is 120 Å². The zero-order valence-electron chi connectivity index (χ0n) is 19.8. The van der Waals surface area contributed by atoms with E-state index in [9.17, 15) is 24.6 Å². The second-order valence-corrected chi connectivity index (χ2v) is 8.47. The second kappa shape index (κ2) is 11.1. The fourth-order valence-electron chi connectivity index (χ4n) is 3.94. The zero-order valence-corrected chi connectivity index (χ0v) is 19.8. The molecule has 1 amide bonds. The van der Waals surface area contributed by atoms with Crippen LogP contribution in [0, 0.1) is 0 Å². The molecule has 0 saturated heterocycles. The summed E-state index contributed by atoms with van der Waals surface area (Å²) in [6.45, 7) is 0.230. The van der Waals surface area contributed by atoms with Crippen LogP contribution in [0.5, 0.6) is 0 Å². The number of ketones is 2. The number of pyridine rings is 2. The van der Waals surface area contributed by atoms with Crippen molar-refractivity contribution in [3.63, 3.8) is 0 Å². The first-order valence-corrected chi connectivity index (χ1v) is 11.5. The maximum atomic E-state index is 13.4. The number of alkyl carbamates (subject to hydrolysis) is 1. The Morgan fingerprint density at radius 1 is 0.838 bits per heavy atom. The van der Waals surface area contributed by atoms with Crippen LogP contribution in [-0.4, -0.2) is 55.6 Å². The lowest BCUT2D eigenvalue weighted by molar-refractivity contribution is -0.0517. The molecule has 4 rings (SSSR count). The summed E-state index contributed by atoms with van der Waals surface area (Å²) in [4.78, 5) is 46.6. The SMILES string of the molecule is O=C(NCCC1=CC(O)(C(=O)c2cccnc2)C(O)(C(=O)c2cccnc2)C=C1)OCc1ccccc1. The lowest BCUT2D eigenvalue weighted by Gasteiger charge is -2.40. The standard InChI is InChI=1S/C28H25N3O6/c32-24(22-8-4-13-29-17-22)27(35)12-10-20(16-28(27,36)25(33)23-9-5-14-30-18-23)11-15-31-26(34)37-19-21-6-2-1-3-7-21/h1-10,12-14,16-18,35-36H,11,15,19H2,(H,31,34). The van der Waals surface area contributed by atoms with Gasteiger partial charge in [0.25, 0.3) is 0 Å². The van der Waals surface area contributed by atoms with Crippen molar-refractivity contribution in [2.24, 2.45) is 0 Å². The van der Waals surface area contributed by atoms with Crippen molar-refractivity contribution in [1.82, 2.24) is 15.3 Å². The molecule has 37 heavy (non-hydrogen) atoms. The molecule has 188 valence electrons. The number of ether oxygens (including phenoxy) is 1. The second-order valence-electron chi connectivity index (χ2n) is 8.47. The molecule has 0 radical (unpaired) electrons. The van der Waals surface area contributed by atoms with Gasteiger partial charge in [0.05, 0.1) is 0 Å². The molecule has 2 aromatic heterocycles. The topological polar surface area (TPSA) is 139 Å². The van der Waals surface area contributed by atoms with Crippen molar-refractivity contribution < 1.29 is 29.3 Å². The summed E-state index contributed by atoms with van der Waals surface area (Å²) in [5.74, 6) is -1.80. The summed E-state index contributed by atoms with van der Waals surface area (Å²) in [6.07, 6.45) is 8.65. The van der Waals surface area contributed by atoms with Crippen molar-refractivity contribution in [2.45, 2.75) is 24.2 Å². The van der Waals surface area contributed by atoms with Crippen LogP contribution in [-0.2, 0) is 11.3 Å². The van der Waals surface area contributed by atoms with Crippen LogP contribution >= 0.6 is 0 Å². The number of nitrogens with one attached hydrogen (secondary N) is 1. The summed E-state index contributed by atoms with van der Waals surface area (Å²) in [6, 6.07) is 15.1. The quantitative estimate of drug-likeness (QED) is 0.382. The van der Waals surface area contributed by atoms with E-state index in [4.69, 9.17) is 4.74 Å². The van der Waals surface area contributed by atoms with Gasteiger partial charge in [-0.15, -0.1) is 0 Å². The molecule has 2 unspecified atom stereocenters. The molecular formula is C28H25N3O6. The predicted octanol–water partition coefficient (Wildman–Crippen LogP) is 2.82. The van der Waals surface area contributed by atoms with E-state index in [0.717, 1.165) is 17.7 Å². The molecule has 2 atom stereocenters. The van der Waals surface area contributed by atoms with E-state index in [-0.39, 0.29) is 30.7 Å². The summed E-state index contributed by atoms with van der Waals surface area (Å²) in [7, 11) is 0. The average Bonchev–Trinajstić information content (AvgIpc) is 2.94. The first-order chi connectivity index (χ1) is 17.8. The number of aromatic nitrogens is 2. The molecule has 1 aromatic carbocycles. The summed E-state index contributed by atoms with van der Waals surface area (Å²) in [5.41, 5.74) is -3.95. The van der Waals surface area contributed by atoms with Crippen LogP contribution < -0.4 is 5.32 Å². The molecule has 1 aliphatic carbocycles. The molecule has 0 spiro atoms. The summed E-state index contributed by atoms with van der Waals surface area (Å²) >= 11 is 0. The monoisotopic (exact) mass is 499 g/mol. The van der Waals surface area contributed by atoms with Crippen molar-refractivity contribution in [3.8, 4) is 0 Å². The van der Waals surface area contributed by atoms with Gasteiger partial charge in [0.1, 0.15) is 6.61 Å². The largest absolute Gasteiger partial charge is 0.445 e. The number of carbonyl (C=O) groups excluding carboxylic acids is 3. The van der Waals surface area contributed by atoms with E-state index < -0.39 is 28.9 Å². The van der Waals surface area contributed by atoms with Gasteiger partial charge in [0, 0.05) is 42.5 Å². The molecule has 0 bridgehead atoms. The Bertz CT molecular complexity index is 1330. The number of hydrogen-bond donors (Lipinski definition) is 3. The third-order valence-electron chi connectivity index (χ3n) is 5.95. The number of allylic oxidation sites excluding steroid dienone is 1. The molecule has 2 heterocycles. The number of rotatable bonds is 9. The van der Waals surface area contributed by atoms with Crippen molar-refractivity contribution in [2.75, 3.05) is 6.54 Å².